The van der Waals surface area contributed by atoms with Gasteiger partial charge in [0.1, 0.15) is 0 Å². The Labute approximate surface area is 177 Å². The lowest BCUT2D eigenvalue weighted by Gasteiger charge is -2.58. The molecule has 0 heterocycles. The van der Waals surface area contributed by atoms with Gasteiger partial charge in [-0.15, -0.1) is 0 Å². The van der Waals surface area contributed by atoms with Gasteiger partial charge in [-0.1, -0.05) is 32.4 Å². The summed E-state index contributed by atoms with van der Waals surface area (Å²) in [6.45, 7) is 7.56. The van der Waals surface area contributed by atoms with Crippen LogP contribution in [0, 0.1) is 40.4 Å². The first-order chi connectivity index (χ1) is 13.8. The summed E-state index contributed by atoms with van der Waals surface area (Å²) < 4.78 is 4.82. The van der Waals surface area contributed by atoms with Crippen molar-refractivity contribution in [1.82, 2.24) is 0 Å². The Balaban J connectivity index is 1.46. The molecular formula is C26H42O3. The van der Waals surface area contributed by atoms with Gasteiger partial charge in [0.15, 0.2) is 0 Å². The number of allylic oxidation sites excluding steroid dienone is 1. The van der Waals surface area contributed by atoms with Gasteiger partial charge in [0.25, 0.3) is 0 Å². The standard InChI is InChI=1S/C26H42O3/c1-17(6-5-7-24(28)29-4)21-10-11-22-20-9-8-18-16-19(27)12-14-25(18,2)23(20)13-15-26(21,22)3/h8,17,19-23,27H,5-7,9-16H2,1-4H3/t17-,19+,20?,21-,22?,23?,25+,26-/m1/s1. The number of rotatable bonds is 5. The van der Waals surface area contributed by atoms with Gasteiger partial charge in [-0.05, 0) is 105 Å². The number of aliphatic hydroxyl groups excluding tert-OH is 1. The average Bonchev–Trinajstić information content (AvgIpc) is 3.05. The van der Waals surface area contributed by atoms with Crippen LogP contribution in [0.1, 0.15) is 91.4 Å². The van der Waals surface area contributed by atoms with Gasteiger partial charge in [-0.3, -0.25) is 4.79 Å². The summed E-state index contributed by atoms with van der Waals surface area (Å²) in [6.07, 6.45) is 14.9. The lowest BCUT2D eigenvalue weighted by Crippen LogP contribution is -2.50. The highest BCUT2D eigenvalue weighted by Gasteiger charge is 2.59. The molecule has 29 heavy (non-hydrogen) atoms. The maximum absolute atomic E-state index is 11.5. The van der Waals surface area contributed by atoms with Crippen LogP contribution in [0.5, 0.6) is 0 Å². The van der Waals surface area contributed by atoms with Crippen LogP contribution in [0.3, 0.4) is 0 Å². The second-order valence-electron chi connectivity index (χ2n) is 11.3. The number of methoxy groups -OCH3 is 1. The van der Waals surface area contributed by atoms with Gasteiger partial charge in [0.2, 0.25) is 0 Å². The molecule has 3 heteroatoms. The molecule has 1 N–H and O–H groups in total. The van der Waals surface area contributed by atoms with Gasteiger partial charge in [-0.25, -0.2) is 0 Å². The maximum atomic E-state index is 11.5. The Morgan fingerprint density at radius 1 is 1.21 bits per heavy atom. The van der Waals surface area contributed by atoms with Crippen LogP contribution in [0.25, 0.3) is 0 Å². The summed E-state index contributed by atoms with van der Waals surface area (Å²) in [7, 11) is 1.49. The van der Waals surface area contributed by atoms with E-state index < -0.39 is 0 Å². The van der Waals surface area contributed by atoms with E-state index in [4.69, 9.17) is 4.74 Å². The zero-order valence-corrected chi connectivity index (χ0v) is 19.1. The maximum Gasteiger partial charge on any atom is 0.305 e. The molecule has 0 aromatic carbocycles. The molecule has 0 bridgehead atoms. The van der Waals surface area contributed by atoms with E-state index in [1.165, 1.54) is 45.6 Å². The predicted octanol–water partition coefficient (Wildman–Crippen LogP) is 5.91. The molecule has 8 atom stereocenters. The monoisotopic (exact) mass is 402 g/mol. The minimum absolute atomic E-state index is 0.0659. The number of carbonyl (C=O) groups is 1. The van der Waals surface area contributed by atoms with Crippen LogP contribution in [0.2, 0.25) is 0 Å². The molecule has 0 aliphatic heterocycles. The highest BCUT2D eigenvalue weighted by atomic mass is 16.5. The molecule has 0 amide bonds. The van der Waals surface area contributed by atoms with Gasteiger partial charge in [-0.2, -0.15) is 0 Å². The second-order valence-corrected chi connectivity index (χ2v) is 11.3. The number of hydrogen-bond acceptors (Lipinski definition) is 3. The molecule has 0 radical (unpaired) electrons. The lowest BCUT2D eigenvalue weighted by molar-refractivity contribution is -0.140. The molecule has 3 unspecified atom stereocenters. The van der Waals surface area contributed by atoms with Crippen molar-refractivity contribution in [2.24, 2.45) is 40.4 Å². The van der Waals surface area contributed by atoms with Crippen molar-refractivity contribution in [3.63, 3.8) is 0 Å². The van der Waals surface area contributed by atoms with Gasteiger partial charge in [0.05, 0.1) is 13.2 Å². The minimum Gasteiger partial charge on any atom is -0.469 e. The Kier molecular flexibility index (Phi) is 5.92. The van der Waals surface area contributed by atoms with E-state index in [1.807, 2.05) is 0 Å². The van der Waals surface area contributed by atoms with Crippen molar-refractivity contribution in [2.75, 3.05) is 7.11 Å². The van der Waals surface area contributed by atoms with Gasteiger partial charge < -0.3 is 9.84 Å². The fourth-order valence-electron chi connectivity index (χ4n) is 8.49. The molecule has 4 aliphatic carbocycles. The molecule has 164 valence electrons. The summed E-state index contributed by atoms with van der Waals surface area (Å²) in [6, 6.07) is 0. The van der Waals surface area contributed by atoms with Crippen LogP contribution in [0.15, 0.2) is 11.6 Å². The summed E-state index contributed by atoms with van der Waals surface area (Å²) >= 11 is 0. The number of aliphatic hydroxyl groups is 1. The first kappa shape index (κ1) is 21.4. The minimum atomic E-state index is -0.110. The van der Waals surface area contributed by atoms with Crippen LogP contribution in [-0.2, 0) is 9.53 Å². The van der Waals surface area contributed by atoms with E-state index >= 15 is 0 Å². The van der Waals surface area contributed by atoms with Crippen molar-refractivity contribution < 1.29 is 14.6 Å². The van der Waals surface area contributed by atoms with Crippen LogP contribution >= 0.6 is 0 Å². The van der Waals surface area contributed by atoms with Crippen molar-refractivity contribution in [3.05, 3.63) is 11.6 Å². The third-order valence-corrected chi connectivity index (χ3v) is 10.1. The molecule has 3 fully saturated rings. The Morgan fingerprint density at radius 2 is 2.00 bits per heavy atom. The predicted molar refractivity (Wildman–Crippen MR) is 116 cm³/mol. The third-order valence-electron chi connectivity index (χ3n) is 10.1. The molecule has 4 rings (SSSR count). The fraction of sp³-hybridized carbons (Fsp3) is 0.885. The van der Waals surface area contributed by atoms with Crippen LogP contribution in [-0.4, -0.2) is 24.3 Å². The smallest absolute Gasteiger partial charge is 0.305 e. The highest BCUT2D eigenvalue weighted by molar-refractivity contribution is 5.68. The van der Waals surface area contributed by atoms with Gasteiger partial charge in [0, 0.05) is 6.42 Å². The summed E-state index contributed by atoms with van der Waals surface area (Å²) in [5, 5.41) is 10.2. The van der Waals surface area contributed by atoms with Crippen LogP contribution in [0.4, 0.5) is 0 Å². The van der Waals surface area contributed by atoms with Crippen molar-refractivity contribution >= 4 is 5.97 Å². The normalized spacial score (nSPS) is 44.9. The molecule has 3 nitrogen and oxygen atoms in total. The second kappa shape index (κ2) is 8.02. The molecule has 0 aromatic heterocycles. The van der Waals surface area contributed by atoms with E-state index in [1.54, 1.807) is 5.57 Å². The first-order valence-electron chi connectivity index (χ1n) is 12.2. The SMILES string of the molecule is COC(=O)CCC[C@@H](C)[C@H]1CCC2C3CC=C4C[C@@H](O)CC[C@]4(C)C3CC[C@@]21C. The Hall–Kier alpha value is -0.830. The molecule has 4 aliphatic rings. The zero-order chi connectivity index (χ0) is 20.8. The van der Waals surface area contributed by atoms with E-state index in [2.05, 4.69) is 26.8 Å². The quantitative estimate of drug-likeness (QED) is 0.459. The number of fused-ring (bicyclic) bond motifs is 5. The molecular weight excluding hydrogens is 360 g/mol. The third kappa shape index (κ3) is 3.60. The van der Waals surface area contributed by atoms with Crippen molar-refractivity contribution in [3.8, 4) is 0 Å². The van der Waals surface area contributed by atoms with Gasteiger partial charge >= 0.3 is 5.97 Å². The summed E-state index contributed by atoms with van der Waals surface area (Å²) in [5.41, 5.74) is 2.39. The number of hydrogen-bond donors (Lipinski definition) is 1. The van der Waals surface area contributed by atoms with E-state index in [0.717, 1.165) is 49.4 Å². The molecule has 0 aromatic rings. The van der Waals surface area contributed by atoms with Crippen molar-refractivity contribution in [2.45, 2.75) is 97.5 Å². The number of ether oxygens (including phenoxy) is 1. The van der Waals surface area contributed by atoms with Crippen LogP contribution < -0.4 is 0 Å². The highest BCUT2D eigenvalue weighted by Crippen LogP contribution is 2.67. The summed E-state index contributed by atoms with van der Waals surface area (Å²) in [4.78, 5) is 11.5. The van der Waals surface area contributed by atoms with E-state index in [0.29, 0.717) is 23.2 Å². The Morgan fingerprint density at radius 3 is 2.76 bits per heavy atom. The molecule has 3 saturated carbocycles. The fourth-order valence-corrected chi connectivity index (χ4v) is 8.49. The summed E-state index contributed by atoms with van der Waals surface area (Å²) in [5.74, 6) is 3.95. The molecule has 0 saturated heterocycles. The number of esters is 1. The Bertz CT molecular complexity index is 654. The zero-order valence-electron chi connectivity index (χ0n) is 19.1. The topological polar surface area (TPSA) is 46.5 Å². The lowest BCUT2D eigenvalue weighted by atomic mass is 9.47. The largest absolute Gasteiger partial charge is 0.469 e. The number of carbonyl (C=O) groups excluding carboxylic acids is 1. The average molecular weight is 403 g/mol. The van der Waals surface area contributed by atoms with E-state index in [9.17, 15) is 9.90 Å². The first-order valence-corrected chi connectivity index (χ1v) is 12.2. The molecule has 0 spiro atoms. The van der Waals surface area contributed by atoms with Crippen molar-refractivity contribution in [1.29, 1.82) is 0 Å². The van der Waals surface area contributed by atoms with E-state index in [-0.39, 0.29) is 12.1 Å².